The van der Waals surface area contributed by atoms with E-state index < -0.39 is 83.4 Å². The summed E-state index contributed by atoms with van der Waals surface area (Å²) < 4.78 is 31.3. The Hall–Kier alpha value is -4.46. The highest BCUT2D eigenvalue weighted by atomic mass is 16.7. The Morgan fingerprint density at radius 1 is 1.02 bits per heavy atom. The van der Waals surface area contributed by atoms with E-state index in [0.29, 0.717) is 19.3 Å². The number of alkyl carbamates (subject to hydrolysis) is 1. The fraction of sp³-hybridized carbons (Fsp3) is 0.652. The number of amides is 1. The van der Waals surface area contributed by atoms with Crippen LogP contribution in [0.5, 0.6) is 0 Å². The van der Waals surface area contributed by atoms with Gasteiger partial charge >= 0.3 is 12.1 Å². The van der Waals surface area contributed by atoms with Gasteiger partial charge in [-0.25, -0.2) is 4.79 Å². The van der Waals surface area contributed by atoms with Crippen LogP contribution in [0.2, 0.25) is 0 Å². The monoisotopic (exact) mass is 846 g/mol. The zero-order valence-electron chi connectivity index (χ0n) is 37.0. The number of rotatable bonds is 8. The number of carbonyl (C=O) groups excluding carboxylic acids is 4. The number of esters is 1. The maximum absolute atomic E-state index is 14.5. The number of ether oxygens (including phenoxy) is 5. The summed E-state index contributed by atoms with van der Waals surface area (Å²) in [4.78, 5) is 67.8. The minimum Gasteiger partial charge on any atom is -0.458 e. The topological polar surface area (TPSA) is 184 Å². The second-order valence-corrected chi connectivity index (χ2v) is 17.9. The van der Waals surface area contributed by atoms with Crippen molar-refractivity contribution in [3.63, 3.8) is 0 Å². The largest absolute Gasteiger partial charge is 0.458 e. The summed E-state index contributed by atoms with van der Waals surface area (Å²) >= 11 is 0. The van der Waals surface area contributed by atoms with Crippen molar-refractivity contribution in [2.45, 2.75) is 148 Å². The van der Waals surface area contributed by atoms with Crippen LogP contribution in [0.25, 0.3) is 10.9 Å². The fourth-order valence-corrected chi connectivity index (χ4v) is 9.50. The van der Waals surface area contributed by atoms with E-state index in [1.165, 1.54) is 6.92 Å². The molecule has 1 aromatic carbocycles. The highest BCUT2D eigenvalue weighted by Gasteiger charge is 2.57. The molecule has 5 heterocycles. The molecule has 1 amide bonds. The van der Waals surface area contributed by atoms with Gasteiger partial charge in [-0.05, 0) is 73.2 Å². The molecule has 0 radical (unpaired) electrons. The van der Waals surface area contributed by atoms with Crippen LogP contribution in [-0.2, 0) is 42.9 Å². The van der Waals surface area contributed by atoms with Gasteiger partial charge in [-0.15, -0.1) is 0 Å². The average Bonchev–Trinajstić information content (AvgIpc) is 3.84. The molecule has 15 nitrogen and oxygen atoms in total. The third-order valence-corrected chi connectivity index (χ3v) is 13.0. The van der Waals surface area contributed by atoms with Crippen molar-refractivity contribution in [2.24, 2.45) is 28.8 Å². The van der Waals surface area contributed by atoms with E-state index >= 15 is 0 Å². The molecule has 6 rings (SSSR count). The quantitative estimate of drug-likeness (QED) is 0.206. The molecule has 332 valence electrons. The number of Topliss-reactive ketones (excluding diaryl/α,β-unsaturated/α-hetero) is 2. The minimum absolute atomic E-state index is 0.0482. The second-order valence-electron chi connectivity index (χ2n) is 17.9. The number of hydrogen-bond acceptors (Lipinski definition) is 14. The number of likely N-dealkylation sites (N-methyl/N-ethyl adjacent to an activating group) is 1. The number of para-hydroxylation sites is 1. The van der Waals surface area contributed by atoms with Crippen LogP contribution in [0, 0.1) is 35.5 Å². The Morgan fingerprint density at radius 3 is 2.48 bits per heavy atom. The van der Waals surface area contributed by atoms with Gasteiger partial charge in [0.25, 0.3) is 0 Å². The molecule has 3 saturated heterocycles. The maximum atomic E-state index is 14.5. The molecule has 2 N–H and O–H groups in total. The van der Waals surface area contributed by atoms with Gasteiger partial charge in [0, 0.05) is 53.8 Å². The van der Waals surface area contributed by atoms with Gasteiger partial charge in [-0.3, -0.25) is 19.4 Å². The van der Waals surface area contributed by atoms with E-state index in [1.54, 1.807) is 47.7 Å². The highest BCUT2D eigenvalue weighted by Crippen LogP contribution is 2.40. The zero-order chi connectivity index (χ0) is 44.4. The molecule has 4 aliphatic rings. The molecule has 2 aromatic rings. The van der Waals surface area contributed by atoms with Crippen LogP contribution in [0.1, 0.15) is 93.1 Å². The summed E-state index contributed by atoms with van der Waals surface area (Å²) in [5.74, 6) is 0.939. The number of pyridine rings is 1. The van der Waals surface area contributed by atoms with Crippen molar-refractivity contribution in [1.29, 1.82) is 0 Å². The smallest absolute Gasteiger partial charge is 0.408 e. The lowest BCUT2D eigenvalue weighted by Gasteiger charge is -2.47. The third-order valence-electron chi connectivity index (χ3n) is 13.0. The van der Waals surface area contributed by atoms with Crippen molar-refractivity contribution in [2.75, 3.05) is 20.7 Å². The number of carbonyl (C=O) groups is 4. The van der Waals surface area contributed by atoms with Crippen LogP contribution in [0.15, 0.2) is 41.7 Å². The third kappa shape index (κ3) is 9.79. The van der Waals surface area contributed by atoms with Gasteiger partial charge in [0.15, 0.2) is 17.7 Å². The number of aliphatic hydroxyl groups is 1. The molecule has 0 bridgehead atoms. The first-order chi connectivity index (χ1) is 28.9. The summed E-state index contributed by atoms with van der Waals surface area (Å²) in [5, 5.41) is 19.7. The highest BCUT2D eigenvalue weighted by molar-refractivity contribution is 6.03. The standard InChI is InChI=1S/C46H62N4O11/c1-11-36-46(8)40(48-44(55)60-46)27(4)37(51)25(2)23-45(7,56-19-15-14-17-32-22-34(49-61-32)31-21-30-16-12-13-18-33(30)47-24-31)41(28(5)38(52)29(6)42(54)58-36)59-43-39(53)35(50(9)10)20-26(3)57-43/h12-13,16,18,21,24-29,32,35-36,39-41,43,53H,11,17,19-20,22-23H2,1-10H3,(H,48,55)/t25-,26-,27+,28+,29-,32+,35+,36-,39-,40-,41-,43+,45-,46-/m1/s1. The first-order valence-electron chi connectivity index (χ1n) is 21.5. The lowest BCUT2D eigenvalue weighted by atomic mass is 9.73. The van der Waals surface area contributed by atoms with E-state index in [1.807, 2.05) is 56.3 Å². The first-order valence-corrected chi connectivity index (χ1v) is 21.5. The van der Waals surface area contributed by atoms with Gasteiger partial charge in [-0.2, -0.15) is 0 Å². The minimum atomic E-state index is -1.42. The predicted molar refractivity (Wildman–Crippen MR) is 225 cm³/mol. The van der Waals surface area contributed by atoms with Gasteiger partial charge in [0.1, 0.15) is 36.6 Å². The van der Waals surface area contributed by atoms with E-state index in [9.17, 15) is 24.3 Å². The number of benzene rings is 1. The predicted octanol–water partition coefficient (Wildman–Crippen LogP) is 4.98. The maximum Gasteiger partial charge on any atom is 0.408 e. The number of nitrogens with zero attached hydrogens (tertiary/aromatic N) is 3. The molecular formula is C46H62N4O11. The number of oxime groups is 1. The van der Waals surface area contributed by atoms with Crippen LogP contribution in [0.3, 0.4) is 0 Å². The van der Waals surface area contributed by atoms with Crippen molar-refractivity contribution >= 4 is 40.2 Å². The molecule has 4 aliphatic heterocycles. The SMILES string of the molecule is CC[C@H]1OC(=O)[C@H](C)C(=O)[C@H](C)[C@@H](O[C@@H]2O[C@H](C)C[C@H](N(C)C)[C@H]2O)[C@](C)(OCC#CC[C@H]2CC(c3cnc4ccccc4c3)=NO2)C[C@@H](C)C(=O)[C@H](C)[C@H]2NC(=O)O[C@@]21C. The van der Waals surface area contributed by atoms with Crippen LogP contribution in [-0.4, -0.2) is 125 Å². The number of aliphatic hydroxyl groups excluding tert-OH is 1. The lowest BCUT2D eigenvalue weighted by Crippen LogP contribution is -2.60. The first kappa shape index (κ1) is 46.1. The summed E-state index contributed by atoms with van der Waals surface area (Å²) in [6.07, 6.45) is -2.19. The Labute approximate surface area is 358 Å². The Balaban J connectivity index is 1.29. The molecule has 3 fully saturated rings. The van der Waals surface area contributed by atoms with E-state index in [-0.39, 0.29) is 43.5 Å². The van der Waals surface area contributed by atoms with Crippen molar-refractivity contribution in [3.05, 3.63) is 42.1 Å². The van der Waals surface area contributed by atoms with Crippen LogP contribution < -0.4 is 5.32 Å². The molecule has 14 atom stereocenters. The normalized spacial score (nSPS) is 37.4. The number of cyclic esters (lactones) is 1. The summed E-state index contributed by atoms with van der Waals surface area (Å²) in [6, 6.07) is 8.73. The van der Waals surface area contributed by atoms with Crippen LogP contribution in [0.4, 0.5) is 4.79 Å². The van der Waals surface area contributed by atoms with E-state index in [2.05, 4.69) is 27.3 Å². The Morgan fingerprint density at radius 2 is 1.75 bits per heavy atom. The molecule has 0 aliphatic carbocycles. The molecule has 0 spiro atoms. The van der Waals surface area contributed by atoms with Crippen LogP contribution >= 0.6 is 0 Å². The fourth-order valence-electron chi connectivity index (χ4n) is 9.50. The zero-order valence-corrected chi connectivity index (χ0v) is 37.0. The Bertz CT molecular complexity index is 2050. The van der Waals surface area contributed by atoms with Gasteiger partial charge in [-0.1, -0.05) is 62.9 Å². The second kappa shape index (κ2) is 18.9. The summed E-state index contributed by atoms with van der Waals surface area (Å²) in [7, 11) is 3.72. The van der Waals surface area contributed by atoms with Gasteiger partial charge < -0.3 is 43.8 Å². The molecule has 1 aromatic heterocycles. The Kier molecular flexibility index (Phi) is 14.3. The summed E-state index contributed by atoms with van der Waals surface area (Å²) in [5.41, 5.74) is -0.260. The number of ketones is 2. The number of fused-ring (bicyclic) bond motifs is 2. The number of hydrogen-bond donors (Lipinski definition) is 2. The number of aromatic nitrogens is 1. The molecule has 61 heavy (non-hydrogen) atoms. The van der Waals surface area contributed by atoms with E-state index in [4.69, 9.17) is 28.5 Å². The van der Waals surface area contributed by atoms with Gasteiger partial charge in [0.2, 0.25) is 0 Å². The number of nitrogens with one attached hydrogen (secondary N) is 1. The van der Waals surface area contributed by atoms with Crippen molar-refractivity contribution < 1.29 is 52.8 Å². The molecule has 0 unspecified atom stereocenters. The van der Waals surface area contributed by atoms with Gasteiger partial charge in [0.05, 0.1) is 35.1 Å². The molecule has 0 saturated carbocycles. The van der Waals surface area contributed by atoms with E-state index in [0.717, 1.165) is 22.2 Å². The van der Waals surface area contributed by atoms with Crippen molar-refractivity contribution in [3.8, 4) is 11.8 Å². The average molecular weight is 847 g/mol. The van der Waals surface area contributed by atoms with Crippen molar-refractivity contribution in [1.82, 2.24) is 15.2 Å². The molecule has 15 heteroatoms. The molecular weight excluding hydrogens is 785 g/mol. The lowest BCUT2D eigenvalue weighted by molar-refractivity contribution is -0.296. The summed E-state index contributed by atoms with van der Waals surface area (Å²) in [6.45, 7) is 13.5.